The molecule has 0 aromatic rings. The van der Waals surface area contributed by atoms with Crippen LogP contribution in [-0.4, -0.2) is 47.6 Å². The van der Waals surface area contributed by atoms with Gasteiger partial charge in [-0.3, -0.25) is 14.5 Å². The van der Waals surface area contributed by atoms with Crippen LogP contribution in [0.1, 0.15) is 40.0 Å². The van der Waals surface area contributed by atoms with Gasteiger partial charge in [-0.15, -0.1) is 0 Å². The second kappa shape index (κ2) is 6.29. The second-order valence-corrected chi connectivity index (χ2v) is 5.77. The first-order valence-electron chi connectivity index (χ1n) is 6.57. The summed E-state index contributed by atoms with van der Waals surface area (Å²) in [5.74, 6) is -0.350. The molecule has 1 unspecified atom stereocenters. The van der Waals surface area contributed by atoms with Crippen molar-refractivity contribution in [2.75, 3.05) is 19.6 Å². The molecule has 104 valence electrons. The molecule has 1 rings (SSSR count). The minimum atomic E-state index is -0.689. The fourth-order valence-corrected chi connectivity index (χ4v) is 2.14. The van der Waals surface area contributed by atoms with Gasteiger partial charge in [0.2, 0.25) is 11.8 Å². The molecule has 0 radical (unpaired) electrons. The topological polar surface area (TPSA) is 69.6 Å². The molecule has 1 aliphatic rings. The van der Waals surface area contributed by atoms with Crippen molar-refractivity contribution in [1.82, 2.24) is 10.2 Å². The van der Waals surface area contributed by atoms with E-state index in [4.69, 9.17) is 0 Å². The first kappa shape index (κ1) is 15.1. The molecule has 1 saturated heterocycles. The fraction of sp³-hybridized carbons (Fsp3) is 0.846. The number of rotatable bonds is 6. The van der Waals surface area contributed by atoms with Crippen LogP contribution in [0.3, 0.4) is 0 Å². The highest BCUT2D eigenvalue weighted by Crippen LogP contribution is 2.31. The van der Waals surface area contributed by atoms with Crippen LogP contribution in [0.4, 0.5) is 0 Å². The number of carbonyl (C=O) groups is 2. The molecular formula is C13H24N2O3. The van der Waals surface area contributed by atoms with E-state index in [0.29, 0.717) is 19.4 Å². The van der Waals surface area contributed by atoms with Crippen molar-refractivity contribution < 1.29 is 14.7 Å². The molecule has 2 amide bonds. The molecular weight excluding hydrogens is 232 g/mol. The summed E-state index contributed by atoms with van der Waals surface area (Å²) in [4.78, 5) is 24.9. The number of hydrogen-bond donors (Lipinski definition) is 2. The van der Waals surface area contributed by atoms with E-state index >= 15 is 0 Å². The number of aliphatic hydroxyl groups excluding tert-OH is 1. The molecule has 1 atom stereocenters. The monoisotopic (exact) mass is 256 g/mol. The molecule has 1 aliphatic heterocycles. The highest BCUT2D eigenvalue weighted by Gasteiger charge is 2.37. The number of amides is 2. The third kappa shape index (κ3) is 4.38. The van der Waals surface area contributed by atoms with Gasteiger partial charge in [0.15, 0.2) is 0 Å². The number of hydrogen-bond acceptors (Lipinski definition) is 4. The van der Waals surface area contributed by atoms with Crippen molar-refractivity contribution in [2.45, 2.75) is 46.1 Å². The number of likely N-dealkylation sites (tertiary alicyclic amines) is 1. The molecule has 0 spiro atoms. The number of aliphatic hydroxyl groups is 1. The zero-order valence-corrected chi connectivity index (χ0v) is 11.5. The van der Waals surface area contributed by atoms with Crippen LogP contribution in [0.15, 0.2) is 0 Å². The number of imide groups is 1. The predicted molar refractivity (Wildman–Crippen MR) is 68.9 cm³/mol. The third-order valence-electron chi connectivity index (χ3n) is 3.06. The van der Waals surface area contributed by atoms with Crippen LogP contribution in [0, 0.1) is 5.41 Å². The van der Waals surface area contributed by atoms with Gasteiger partial charge in [0.25, 0.3) is 0 Å². The molecule has 1 fully saturated rings. The number of nitrogens with zero attached hydrogens (tertiary/aromatic N) is 1. The van der Waals surface area contributed by atoms with Crippen LogP contribution in [0.5, 0.6) is 0 Å². The molecule has 5 nitrogen and oxygen atoms in total. The normalized spacial score (nSPS) is 21.2. The Bertz CT molecular complexity index is 295. The Morgan fingerprint density at radius 1 is 1.33 bits per heavy atom. The third-order valence-corrected chi connectivity index (χ3v) is 3.06. The summed E-state index contributed by atoms with van der Waals surface area (Å²) in [7, 11) is 0. The first-order valence-corrected chi connectivity index (χ1v) is 6.57. The van der Waals surface area contributed by atoms with Crippen molar-refractivity contribution in [3.63, 3.8) is 0 Å². The minimum Gasteiger partial charge on any atom is -0.390 e. The van der Waals surface area contributed by atoms with E-state index in [0.717, 1.165) is 13.0 Å². The van der Waals surface area contributed by atoms with Crippen LogP contribution >= 0.6 is 0 Å². The van der Waals surface area contributed by atoms with Crippen molar-refractivity contribution in [3.05, 3.63) is 0 Å². The lowest BCUT2D eigenvalue weighted by atomic mass is 9.81. The Labute approximate surface area is 109 Å². The lowest BCUT2D eigenvalue weighted by Crippen LogP contribution is -2.50. The Kier molecular flexibility index (Phi) is 5.28. The zero-order chi connectivity index (χ0) is 13.8. The van der Waals surface area contributed by atoms with E-state index in [9.17, 15) is 14.7 Å². The van der Waals surface area contributed by atoms with E-state index < -0.39 is 6.10 Å². The Morgan fingerprint density at radius 2 is 1.89 bits per heavy atom. The van der Waals surface area contributed by atoms with Gasteiger partial charge in [0.05, 0.1) is 12.6 Å². The second-order valence-electron chi connectivity index (χ2n) is 5.77. The zero-order valence-electron chi connectivity index (χ0n) is 11.5. The number of β-amino-alcohol motifs (C(OH)–C–C–N with tert-alkyl or cyclic N) is 1. The van der Waals surface area contributed by atoms with Gasteiger partial charge >= 0.3 is 0 Å². The SMILES string of the molecule is CCCNCC(O)CN1C(=O)CC(C)(C)CC1=O. The van der Waals surface area contributed by atoms with E-state index in [1.54, 1.807) is 0 Å². The van der Waals surface area contributed by atoms with Gasteiger partial charge in [-0.1, -0.05) is 20.8 Å². The van der Waals surface area contributed by atoms with Crippen LogP contribution < -0.4 is 5.32 Å². The highest BCUT2D eigenvalue weighted by molar-refractivity contribution is 5.98. The van der Waals surface area contributed by atoms with Gasteiger partial charge in [0.1, 0.15) is 0 Å². The standard InChI is InChI=1S/C13H24N2O3/c1-4-5-14-8-10(16)9-15-11(17)6-13(2,3)7-12(15)18/h10,14,16H,4-9H2,1-3H3. The molecule has 1 heterocycles. The van der Waals surface area contributed by atoms with Crippen molar-refractivity contribution >= 4 is 11.8 Å². The van der Waals surface area contributed by atoms with Gasteiger partial charge in [-0.2, -0.15) is 0 Å². The maximum atomic E-state index is 11.9. The maximum absolute atomic E-state index is 11.9. The summed E-state index contributed by atoms with van der Waals surface area (Å²) in [5, 5.41) is 12.9. The van der Waals surface area contributed by atoms with Crippen LogP contribution in [0.2, 0.25) is 0 Å². The molecule has 0 saturated carbocycles. The average molecular weight is 256 g/mol. The molecule has 18 heavy (non-hydrogen) atoms. The predicted octanol–water partition coefficient (Wildman–Crippen LogP) is 0.522. The lowest BCUT2D eigenvalue weighted by molar-refractivity contribution is -0.154. The van der Waals surface area contributed by atoms with Crippen LogP contribution in [-0.2, 0) is 9.59 Å². The summed E-state index contributed by atoms with van der Waals surface area (Å²) in [6, 6.07) is 0. The number of carbonyl (C=O) groups excluding carboxylic acids is 2. The summed E-state index contributed by atoms with van der Waals surface area (Å²) >= 11 is 0. The molecule has 2 N–H and O–H groups in total. The quantitative estimate of drug-likeness (QED) is 0.537. The van der Waals surface area contributed by atoms with Gasteiger partial charge in [-0.25, -0.2) is 0 Å². The van der Waals surface area contributed by atoms with E-state index in [1.165, 1.54) is 4.90 Å². The summed E-state index contributed by atoms with van der Waals surface area (Å²) < 4.78 is 0. The Morgan fingerprint density at radius 3 is 2.39 bits per heavy atom. The highest BCUT2D eigenvalue weighted by atomic mass is 16.3. The maximum Gasteiger partial charge on any atom is 0.229 e. The number of piperidine rings is 1. The molecule has 5 heteroatoms. The average Bonchev–Trinajstić information content (AvgIpc) is 2.22. The van der Waals surface area contributed by atoms with Crippen LogP contribution in [0.25, 0.3) is 0 Å². The van der Waals surface area contributed by atoms with Gasteiger partial charge in [0, 0.05) is 19.4 Å². The summed E-state index contributed by atoms with van der Waals surface area (Å²) in [6.07, 6.45) is 1.04. The van der Waals surface area contributed by atoms with E-state index in [1.807, 2.05) is 20.8 Å². The molecule has 0 aliphatic carbocycles. The fourth-order valence-electron chi connectivity index (χ4n) is 2.14. The minimum absolute atomic E-state index is 0.102. The molecule has 0 bridgehead atoms. The molecule has 0 aromatic carbocycles. The van der Waals surface area contributed by atoms with Gasteiger partial charge in [-0.05, 0) is 18.4 Å². The van der Waals surface area contributed by atoms with Crippen molar-refractivity contribution in [2.24, 2.45) is 5.41 Å². The Hall–Kier alpha value is -0.940. The summed E-state index contributed by atoms with van der Waals surface area (Å²) in [6.45, 7) is 7.21. The van der Waals surface area contributed by atoms with E-state index in [-0.39, 0.29) is 23.8 Å². The first-order chi connectivity index (χ1) is 8.35. The molecule has 0 aromatic heterocycles. The smallest absolute Gasteiger partial charge is 0.229 e. The van der Waals surface area contributed by atoms with Gasteiger partial charge < -0.3 is 10.4 Å². The van der Waals surface area contributed by atoms with E-state index in [2.05, 4.69) is 5.32 Å². The lowest BCUT2D eigenvalue weighted by Gasteiger charge is -2.35. The number of nitrogens with one attached hydrogen (secondary N) is 1. The van der Waals surface area contributed by atoms with Crippen molar-refractivity contribution in [3.8, 4) is 0 Å². The Balaban J connectivity index is 2.46. The van der Waals surface area contributed by atoms with Crippen molar-refractivity contribution in [1.29, 1.82) is 0 Å². The summed E-state index contributed by atoms with van der Waals surface area (Å²) in [5.41, 5.74) is -0.254. The largest absolute Gasteiger partial charge is 0.390 e.